The Morgan fingerprint density at radius 2 is 1.77 bits per heavy atom. The minimum atomic E-state index is -3.71. The Hall–Kier alpha value is -0.540. The first-order chi connectivity index (χ1) is 5.87. The van der Waals surface area contributed by atoms with E-state index in [-0.39, 0.29) is 0 Å². The van der Waals surface area contributed by atoms with Gasteiger partial charge in [-0.1, -0.05) is 26.7 Å². The lowest BCUT2D eigenvalue weighted by molar-refractivity contribution is 0.117. The summed E-state index contributed by atoms with van der Waals surface area (Å²) < 4.78 is 18.0. The van der Waals surface area contributed by atoms with Crippen molar-refractivity contribution in [2.45, 2.75) is 26.7 Å². The molecule has 5 nitrogen and oxygen atoms in total. The van der Waals surface area contributed by atoms with Crippen molar-refractivity contribution < 1.29 is 23.5 Å². The number of ether oxygens (including phenoxy) is 1. The molecular weight excluding hydrogens is 195 g/mol. The Morgan fingerprint density at radius 3 is 1.85 bits per heavy atom. The predicted molar refractivity (Wildman–Crippen MR) is 49.8 cm³/mol. The minimum Gasteiger partial charge on any atom is -0.437 e. The molecule has 1 atom stereocenters. The molecule has 0 rings (SSSR count). The van der Waals surface area contributed by atoms with Crippen LogP contribution in [0.2, 0.25) is 0 Å². The van der Waals surface area contributed by atoms with Gasteiger partial charge in [0.05, 0.1) is 7.11 Å². The molecule has 13 heavy (non-hydrogen) atoms. The number of unbranched alkanes of at least 4 members (excludes halogenated alkanes) is 1. The Bertz CT molecular complexity index is 172. The van der Waals surface area contributed by atoms with Gasteiger partial charge in [0.2, 0.25) is 0 Å². The number of carbonyl (C=O) groups excluding carboxylic acids is 1. The Morgan fingerprint density at radius 1 is 1.38 bits per heavy atom. The average Bonchev–Trinajstić information content (AvgIpc) is 2.02. The molecule has 1 N–H and O–H groups in total. The second-order valence-electron chi connectivity index (χ2n) is 2.35. The molecule has 6 heteroatoms. The first kappa shape index (κ1) is 15.0. The fourth-order valence-electron chi connectivity index (χ4n) is 0.176. The van der Waals surface area contributed by atoms with E-state index in [9.17, 15) is 9.36 Å². The quantitative estimate of drug-likeness (QED) is 0.562. The zero-order valence-corrected chi connectivity index (χ0v) is 9.34. The molecule has 0 saturated carbocycles. The van der Waals surface area contributed by atoms with Crippen LogP contribution in [0.5, 0.6) is 0 Å². The molecular formula is C7H17O5P. The fourth-order valence-corrected chi connectivity index (χ4v) is 0.527. The third kappa shape index (κ3) is 18.4. The fraction of sp³-hybridized carbons (Fsp3) is 0.857. The first-order valence-corrected chi connectivity index (χ1v) is 5.97. The van der Waals surface area contributed by atoms with Crippen LogP contribution in [0, 0.1) is 0 Å². The maximum atomic E-state index is 10.2. The summed E-state index contributed by atoms with van der Waals surface area (Å²) in [6.45, 7) is 5.25. The van der Waals surface area contributed by atoms with Crippen molar-refractivity contribution >= 4 is 13.8 Å². The van der Waals surface area contributed by atoms with E-state index < -0.39 is 13.8 Å². The van der Waals surface area contributed by atoms with Crippen LogP contribution in [-0.4, -0.2) is 24.8 Å². The van der Waals surface area contributed by atoms with Crippen molar-refractivity contribution in [1.82, 2.24) is 0 Å². The van der Waals surface area contributed by atoms with Gasteiger partial charge in [-0.25, -0.2) is 9.36 Å². The average molecular weight is 212 g/mol. The number of carbonyl (C=O) groups is 1. The second-order valence-corrected chi connectivity index (χ2v) is 4.14. The smallest absolute Gasteiger partial charge is 0.437 e. The number of methoxy groups -OCH3 is 1. The lowest BCUT2D eigenvalue weighted by Gasteiger charge is -2.03. The molecule has 0 spiro atoms. The van der Waals surface area contributed by atoms with E-state index in [2.05, 4.69) is 23.1 Å². The summed E-state index contributed by atoms with van der Waals surface area (Å²) in [5.41, 5.74) is 0. The van der Waals surface area contributed by atoms with Crippen LogP contribution in [0.25, 0.3) is 0 Å². The van der Waals surface area contributed by atoms with Crippen LogP contribution >= 0.6 is 7.60 Å². The normalized spacial score (nSPS) is 13.3. The molecule has 0 aliphatic carbocycles. The first-order valence-electron chi connectivity index (χ1n) is 3.95. The molecule has 0 aliphatic rings. The van der Waals surface area contributed by atoms with E-state index in [1.54, 1.807) is 0 Å². The second kappa shape index (κ2) is 8.08. The van der Waals surface area contributed by atoms with Crippen LogP contribution in [-0.2, 0) is 13.8 Å². The molecule has 0 fully saturated rings. The van der Waals surface area contributed by atoms with Gasteiger partial charge in [-0.2, -0.15) is 0 Å². The summed E-state index contributed by atoms with van der Waals surface area (Å²) >= 11 is 0. The Kier molecular flexibility index (Phi) is 9.29. The maximum Gasteiger partial charge on any atom is 0.514 e. The van der Waals surface area contributed by atoms with Crippen molar-refractivity contribution in [3.05, 3.63) is 0 Å². The lowest BCUT2D eigenvalue weighted by atomic mass is 10.4. The highest BCUT2D eigenvalue weighted by Gasteiger charge is 2.16. The van der Waals surface area contributed by atoms with Crippen molar-refractivity contribution in [1.29, 1.82) is 0 Å². The third-order valence-electron chi connectivity index (χ3n) is 0.911. The molecule has 0 bridgehead atoms. The molecule has 0 aromatic rings. The molecule has 80 valence electrons. The summed E-state index contributed by atoms with van der Waals surface area (Å²) in [5, 5.41) is 0. The van der Waals surface area contributed by atoms with Gasteiger partial charge in [-0.15, -0.1) is 0 Å². The largest absolute Gasteiger partial charge is 0.514 e. The van der Waals surface area contributed by atoms with Crippen LogP contribution in [0.4, 0.5) is 4.79 Å². The summed E-state index contributed by atoms with van der Waals surface area (Å²) in [6.07, 6.45) is 1.49. The van der Waals surface area contributed by atoms with E-state index in [4.69, 9.17) is 4.89 Å². The van der Waals surface area contributed by atoms with Crippen molar-refractivity contribution in [3.63, 3.8) is 0 Å². The molecule has 1 unspecified atom stereocenters. The van der Waals surface area contributed by atoms with Crippen molar-refractivity contribution in [2.75, 3.05) is 13.8 Å². The van der Waals surface area contributed by atoms with Gasteiger partial charge in [0.15, 0.2) is 0 Å². The number of hydrogen-bond donors (Lipinski definition) is 1. The maximum absolute atomic E-state index is 10.2. The van der Waals surface area contributed by atoms with E-state index in [1.165, 1.54) is 12.8 Å². The number of hydrogen-bond acceptors (Lipinski definition) is 4. The van der Waals surface area contributed by atoms with E-state index in [0.717, 1.165) is 13.8 Å². The van der Waals surface area contributed by atoms with Crippen LogP contribution in [0.1, 0.15) is 26.7 Å². The van der Waals surface area contributed by atoms with Gasteiger partial charge in [0, 0.05) is 6.66 Å². The molecule has 0 aromatic heterocycles. The topological polar surface area (TPSA) is 72.8 Å². The van der Waals surface area contributed by atoms with E-state index in [1.807, 2.05) is 0 Å². The predicted octanol–water partition coefficient (Wildman–Crippen LogP) is 2.39. The minimum absolute atomic E-state index is 0.893. The Labute approximate surface area is 78.6 Å². The summed E-state index contributed by atoms with van der Waals surface area (Å²) in [6, 6.07) is 0. The highest BCUT2D eigenvalue weighted by molar-refractivity contribution is 7.52. The van der Waals surface area contributed by atoms with E-state index >= 15 is 0 Å². The molecule has 0 heterocycles. The van der Waals surface area contributed by atoms with Gasteiger partial charge >= 0.3 is 13.8 Å². The number of rotatable bonds is 2. The van der Waals surface area contributed by atoms with Gasteiger partial charge in [-0.3, -0.25) is 0 Å². The summed E-state index contributed by atoms with van der Waals surface area (Å²) in [5.74, 6) is 0. The Balaban J connectivity index is 0. The van der Waals surface area contributed by atoms with Crippen LogP contribution in [0.3, 0.4) is 0 Å². The molecule has 0 aromatic carbocycles. The highest BCUT2D eigenvalue weighted by Crippen LogP contribution is 2.36. The summed E-state index contributed by atoms with van der Waals surface area (Å²) in [7, 11) is -2.66. The monoisotopic (exact) mass is 212 g/mol. The molecule has 0 radical (unpaired) electrons. The van der Waals surface area contributed by atoms with Crippen molar-refractivity contribution in [2.24, 2.45) is 0 Å². The van der Waals surface area contributed by atoms with Crippen molar-refractivity contribution in [3.8, 4) is 0 Å². The van der Waals surface area contributed by atoms with Gasteiger partial charge in [-0.05, 0) is 0 Å². The standard InChI is InChI=1S/C4H10.C3H7O5P/c1-3-4-2;1-7-3(4)8-9(2,5)6/h3-4H2,1-2H3;1-2H3,(H,5,6). The SMILES string of the molecule is CCCC.COC(=O)OP(C)(=O)O. The van der Waals surface area contributed by atoms with Crippen LogP contribution in [0.15, 0.2) is 0 Å². The third-order valence-corrected chi connectivity index (χ3v) is 1.40. The van der Waals surface area contributed by atoms with Gasteiger partial charge in [0.25, 0.3) is 0 Å². The highest BCUT2D eigenvalue weighted by atomic mass is 31.2. The molecule has 0 amide bonds. The lowest BCUT2D eigenvalue weighted by Crippen LogP contribution is -2.00. The zero-order valence-electron chi connectivity index (χ0n) is 8.44. The van der Waals surface area contributed by atoms with E-state index in [0.29, 0.717) is 0 Å². The zero-order chi connectivity index (χ0) is 10.9. The van der Waals surface area contributed by atoms with Gasteiger partial charge < -0.3 is 14.2 Å². The molecule has 0 aliphatic heterocycles. The van der Waals surface area contributed by atoms with Gasteiger partial charge in [0.1, 0.15) is 0 Å². The molecule has 0 saturated heterocycles. The summed E-state index contributed by atoms with van der Waals surface area (Å²) in [4.78, 5) is 18.4. The van der Waals surface area contributed by atoms with Crippen LogP contribution < -0.4 is 0 Å².